The van der Waals surface area contributed by atoms with E-state index in [1.54, 1.807) is 6.07 Å². The van der Waals surface area contributed by atoms with Crippen molar-refractivity contribution in [1.82, 2.24) is 19.4 Å². The average Bonchev–Trinajstić information content (AvgIpc) is 3.05. The molecule has 4 N–H and O–H groups in total. The van der Waals surface area contributed by atoms with Crippen LogP contribution in [0.3, 0.4) is 0 Å². The summed E-state index contributed by atoms with van der Waals surface area (Å²) >= 11 is 0. The predicted octanol–water partition coefficient (Wildman–Crippen LogP) is 2.00. The summed E-state index contributed by atoms with van der Waals surface area (Å²) in [5.74, 6) is 1.51. The van der Waals surface area contributed by atoms with Crippen LogP contribution in [0.25, 0.3) is 22.2 Å². The molecule has 0 amide bonds. The largest absolute Gasteiger partial charge is 0.492 e. The molecule has 32 heavy (non-hydrogen) atoms. The molecule has 1 aliphatic heterocycles. The molecular weight excluding hydrogens is 428 g/mol. The molecule has 0 unspecified atom stereocenters. The molecule has 3 heterocycles. The van der Waals surface area contributed by atoms with E-state index in [4.69, 9.17) is 15.6 Å². The zero-order valence-electron chi connectivity index (χ0n) is 17.9. The van der Waals surface area contributed by atoms with E-state index in [2.05, 4.69) is 25.6 Å². The van der Waals surface area contributed by atoms with E-state index in [0.29, 0.717) is 17.6 Å². The Kier molecular flexibility index (Phi) is 5.52. The van der Waals surface area contributed by atoms with Crippen LogP contribution >= 0.6 is 0 Å². The summed E-state index contributed by atoms with van der Waals surface area (Å²) in [5.41, 5.74) is 8.98. The highest BCUT2D eigenvalue weighted by molar-refractivity contribution is 7.89. The van der Waals surface area contributed by atoms with E-state index >= 15 is 0 Å². The Bertz CT molecular complexity index is 1230. The van der Waals surface area contributed by atoms with Crippen LogP contribution in [-0.2, 0) is 10.0 Å². The van der Waals surface area contributed by atoms with Crippen LogP contribution in [0.2, 0.25) is 0 Å². The number of anilines is 1. The second kappa shape index (κ2) is 8.34. The molecule has 0 bridgehead atoms. The number of aromatic nitrogens is 3. The van der Waals surface area contributed by atoms with E-state index in [-0.39, 0.29) is 12.4 Å². The molecule has 1 saturated heterocycles. The lowest BCUT2D eigenvalue weighted by atomic mass is 9.79. The zero-order chi connectivity index (χ0) is 22.3. The van der Waals surface area contributed by atoms with Gasteiger partial charge in [-0.2, -0.15) is 0 Å². The van der Waals surface area contributed by atoms with Gasteiger partial charge in [-0.1, -0.05) is 12.1 Å². The first-order valence-corrected chi connectivity index (χ1v) is 12.7. The van der Waals surface area contributed by atoms with Crippen molar-refractivity contribution >= 4 is 26.9 Å². The van der Waals surface area contributed by atoms with Gasteiger partial charge in [0.1, 0.15) is 30.1 Å². The van der Waals surface area contributed by atoms with Crippen molar-refractivity contribution in [2.24, 2.45) is 11.1 Å². The number of hydrogen-bond acceptors (Lipinski definition) is 7. The van der Waals surface area contributed by atoms with Crippen LogP contribution in [0.5, 0.6) is 5.75 Å². The number of fused-ring (bicyclic) bond motifs is 1. The quantitative estimate of drug-likeness (QED) is 0.530. The number of benzene rings is 1. The van der Waals surface area contributed by atoms with Gasteiger partial charge >= 0.3 is 0 Å². The molecule has 9 nitrogen and oxygen atoms in total. The number of hydrogen-bond donors (Lipinski definition) is 2. The maximum absolute atomic E-state index is 11.2. The van der Waals surface area contributed by atoms with Gasteiger partial charge < -0.3 is 19.9 Å². The van der Waals surface area contributed by atoms with Crippen molar-refractivity contribution < 1.29 is 13.2 Å². The van der Waals surface area contributed by atoms with Gasteiger partial charge in [-0.15, -0.1) is 0 Å². The first-order valence-electron chi connectivity index (χ1n) is 10.9. The minimum atomic E-state index is -3.57. The topological polar surface area (TPSA) is 129 Å². The lowest BCUT2D eigenvalue weighted by molar-refractivity contribution is 0.0921. The second-order valence-electron chi connectivity index (χ2n) is 8.80. The first kappa shape index (κ1) is 21.2. The summed E-state index contributed by atoms with van der Waals surface area (Å²) in [6.07, 6.45) is 7.23. The molecule has 2 fully saturated rings. The Morgan fingerprint density at radius 2 is 2.00 bits per heavy atom. The van der Waals surface area contributed by atoms with E-state index < -0.39 is 10.0 Å². The normalized spacial score (nSPS) is 21.3. The Morgan fingerprint density at radius 1 is 1.19 bits per heavy atom. The van der Waals surface area contributed by atoms with Crippen LogP contribution in [0, 0.1) is 5.92 Å². The lowest BCUT2D eigenvalue weighted by Gasteiger charge is -2.42. The first-order chi connectivity index (χ1) is 15.4. The van der Waals surface area contributed by atoms with Gasteiger partial charge in [-0.05, 0) is 56.0 Å². The summed E-state index contributed by atoms with van der Waals surface area (Å²) in [6.45, 7) is 3.65. The number of likely N-dealkylation sites (tertiary alicyclic amines) is 1. The van der Waals surface area contributed by atoms with Gasteiger partial charge in [0.05, 0.1) is 11.1 Å². The SMILES string of the molecule is Nc1ncnc2c1c(-c1cccc(OCCS(N)(=O)=O)c1)cn2C1CC(CN2CCC2)C1. The summed E-state index contributed by atoms with van der Waals surface area (Å²) < 4.78 is 30.2. The van der Waals surface area contributed by atoms with Crippen molar-refractivity contribution in [1.29, 1.82) is 0 Å². The third-order valence-corrected chi connectivity index (χ3v) is 7.23. The van der Waals surface area contributed by atoms with E-state index in [0.717, 1.165) is 40.9 Å². The maximum Gasteiger partial charge on any atom is 0.212 e. The van der Waals surface area contributed by atoms with Gasteiger partial charge in [0, 0.05) is 24.3 Å². The van der Waals surface area contributed by atoms with Gasteiger partial charge in [0.25, 0.3) is 0 Å². The lowest BCUT2D eigenvalue weighted by Crippen LogP contribution is -2.43. The molecule has 1 aliphatic carbocycles. The minimum Gasteiger partial charge on any atom is -0.492 e. The van der Waals surface area contributed by atoms with Gasteiger partial charge in [0.2, 0.25) is 10.0 Å². The van der Waals surface area contributed by atoms with Crippen LogP contribution in [0.1, 0.15) is 25.3 Å². The maximum atomic E-state index is 11.2. The van der Waals surface area contributed by atoms with Crippen LogP contribution in [0.15, 0.2) is 36.8 Å². The smallest absolute Gasteiger partial charge is 0.212 e. The number of primary sulfonamides is 1. The monoisotopic (exact) mass is 456 g/mol. The predicted molar refractivity (Wildman–Crippen MR) is 124 cm³/mol. The highest BCUT2D eigenvalue weighted by Gasteiger charge is 2.34. The number of nitrogen functional groups attached to an aromatic ring is 1. The molecule has 10 heteroatoms. The van der Waals surface area contributed by atoms with Crippen LogP contribution in [-0.4, -0.2) is 59.8 Å². The van der Waals surface area contributed by atoms with E-state index in [1.807, 2.05) is 18.2 Å². The molecule has 5 rings (SSSR count). The van der Waals surface area contributed by atoms with Gasteiger partial charge in [-0.3, -0.25) is 0 Å². The molecular formula is C22H28N6O3S. The van der Waals surface area contributed by atoms with Crippen molar-refractivity contribution in [2.75, 3.05) is 37.7 Å². The molecule has 3 aromatic rings. The summed E-state index contributed by atoms with van der Waals surface area (Å²) in [5, 5.41) is 5.89. The number of sulfonamides is 1. The third-order valence-electron chi connectivity index (χ3n) is 6.49. The van der Waals surface area contributed by atoms with E-state index in [9.17, 15) is 8.42 Å². The fourth-order valence-electron chi connectivity index (χ4n) is 4.64. The highest BCUT2D eigenvalue weighted by atomic mass is 32.2. The molecule has 2 aromatic heterocycles. The van der Waals surface area contributed by atoms with Crippen molar-refractivity contribution in [3.63, 3.8) is 0 Å². The Morgan fingerprint density at radius 3 is 2.72 bits per heavy atom. The van der Waals surface area contributed by atoms with Crippen molar-refractivity contribution in [3.05, 3.63) is 36.8 Å². The molecule has 0 atom stereocenters. The van der Waals surface area contributed by atoms with Crippen molar-refractivity contribution in [2.45, 2.75) is 25.3 Å². The summed E-state index contributed by atoms with van der Waals surface area (Å²) in [6, 6.07) is 7.92. The average molecular weight is 457 g/mol. The van der Waals surface area contributed by atoms with Gasteiger partial charge in [-0.25, -0.2) is 23.5 Å². The fourth-order valence-corrected chi connectivity index (χ4v) is 4.96. The molecule has 0 spiro atoms. The van der Waals surface area contributed by atoms with E-state index in [1.165, 1.54) is 32.4 Å². The Labute approximate surface area is 187 Å². The zero-order valence-corrected chi connectivity index (χ0v) is 18.7. The standard InChI is InChI=1S/C22H28N6O3S/c23-21-20-19(16-3-1-4-18(11-16)31-7-8-32(24,29)30)13-28(22(20)26-14-25-21)17-9-15(10-17)12-27-5-2-6-27/h1,3-4,11,13-15,17H,2,5-10,12H2,(H2,23,25,26)(H2,24,29,30). The molecule has 1 saturated carbocycles. The Hall–Kier alpha value is -2.69. The molecule has 2 aliphatic rings. The number of nitrogens with zero attached hydrogens (tertiary/aromatic N) is 4. The number of ether oxygens (including phenoxy) is 1. The summed E-state index contributed by atoms with van der Waals surface area (Å²) in [4.78, 5) is 11.3. The third kappa shape index (κ3) is 4.30. The number of rotatable bonds is 8. The van der Waals surface area contributed by atoms with Gasteiger partial charge in [0.15, 0.2) is 0 Å². The molecule has 1 aromatic carbocycles. The molecule has 170 valence electrons. The number of nitrogens with two attached hydrogens (primary N) is 2. The van der Waals surface area contributed by atoms with Crippen molar-refractivity contribution in [3.8, 4) is 16.9 Å². The second-order valence-corrected chi connectivity index (χ2v) is 10.5. The Balaban J connectivity index is 1.40. The highest BCUT2D eigenvalue weighted by Crippen LogP contribution is 2.43. The molecule has 0 radical (unpaired) electrons. The van der Waals surface area contributed by atoms with Crippen LogP contribution < -0.4 is 15.6 Å². The minimum absolute atomic E-state index is 0.00419. The fraction of sp³-hybridized carbons (Fsp3) is 0.455. The van der Waals surface area contributed by atoms with Crippen LogP contribution in [0.4, 0.5) is 5.82 Å². The summed E-state index contributed by atoms with van der Waals surface area (Å²) in [7, 11) is -3.57.